The van der Waals surface area contributed by atoms with Gasteiger partial charge in [-0.05, 0) is 73.9 Å². The van der Waals surface area contributed by atoms with Gasteiger partial charge >= 0.3 is 5.97 Å². The van der Waals surface area contributed by atoms with E-state index in [1.165, 1.54) is 11.0 Å². The minimum atomic E-state index is -0.689. The second kappa shape index (κ2) is 7.89. The zero-order valence-electron chi connectivity index (χ0n) is 17.7. The van der Waals surface area contributed by atoms with Gasteiger partial charge in [0.1, 0.15) is 0 Å². The molecule has 0 unspecified atom stereocenters. The fourth-order valence-electron chi connectivity index (χ4n) is 5.57. The number of aryl methyl sites for hydroxylation is 1. The number of carbonyl (C=O) groups excluding carboxylic acids is 4. The molecule has 7 nitrogen and oxygen atoms in total. The summed E-state index contributed by atoms with van der Waals surface area (Å²) in [6.45, 7) is 1.47. The third-order valence-electron chi connectivity index (χ3n) is 6.90. The van der Waals surface area contributed by atoms with Gasteiger partial charge in [-0.1, -0.05) is 18.2 Å². The first kappa shape index (κ1) is 20.4. The molecule has 2 aromatic rings. The van der Waals surface area contributed by atoms with E-state index in [1.807, 2.05) is 25.1 Å². The minimum absolute atomic E-state index is 0.157. The Kier molecular flexibility index (Phi) is 5.04. The second-order valence-corrected chi connectivity index (χ2v) is 8.94. The van der Waals surface area contributed by atoms with Crippen molar-refractivity contribution in [3.63, 3.8) is 0 Å². The molecule has 5 rings (SSSR count). The van der Waals surface area contributed by atoms with Gasteiger partial charge in [0.15, 0.2) is 6.61 Å². The summed E-state index contributed by atoms with van der Waals surface area (Å²) >= 11 is 0. The molecule has 3 aliphatic rings. The normalized spacial score (nSPS) is 25.7. The van der Waals surface area contributed by atoms with Crippen LogP contribution in [0, 0.1) is 30.6 Å². The largest absolute Gasteiger partial charge is 0.452 e. The van der Waals surface area contributed by atoms with Crippen LogP contribution in [0.3, 0.4) is 0 Å². The molecule has 2 saturated carbocycles. The average Bonchev–Trinajstić information content (AvgIpc) is 3.46. The van der Waals surface area contributed by atoms with E-state index in [9.17, 15) is 19.2 Å². The van der Waals surface area contributed by atoms with Crippen molar-refractivity contribution in [2.24, 2.45) is 23.7 Å². The van der Waals surface area contributed by atoms with E-state index in [4.69, 9.17) is 4.74 Å². The number of nitrogens with one attached hydrogen (secondary N) is 1. The molecule has 4 atom stereocenters. The monoisotopic (exact) mass is 432 g/mol. The highest BCUT2D eigenvalue weighted by Crippen LogP contribution is 2.56. The van der Waals surface area contributed by atoms with Crippen LogP contribution in [0.25, 0.3) is 0 Å². The molecular weight excluding hydrogens is 408 g/mol. The maximum Gasteiger partial charge on any atom is 0.338 e. The summed E-state index contributed by atoms with van der Waals surface area (Å²) in [5, 5.41) is 2.68. The van der Waals surface area contributed by atoms with Crippen molar-refractivity contribution in [2.75, 3.05) is 16.8 Å². The van der Waals surface area contributed by atoms with Crippen LogP contribution >= 0.6 is 0 Å². The SMILES string of the molecule is Cc1cccc(NC(=O)COC(=O)c2cccc(N3C(=O)[C@@H]4[C@H]5CC[C@@H](C5)[C@@H]4C3=O)c2)c1. The number of anilines is 2. The first-order valence-corrected chi connectivity index (χ1v) is 10.9. The molecule has 0 spiro atoms. The van der Waals surface area contributed by atoms with Crippen molar-refractivity contribution < 1.29 is 23.9 Å². The highest BCUT2D eigenvalue weighted by molar-refractivity contribution is 6.22. The van der Waals surface area contributed by atoms with Crippen LogP contribution in [-0.2, 0) is 19.1 Å². The van der Waals surface area contributed by atoms with Gasteiger partial charge < -0.3 is 10.1 Å². The van der Waals surface area contributed by atoms with Crippen LogP contribution in [0.5, 0.6) is 0 Å². The molecule has 2 bridgehead atoms. The summed E-state index contributed by atoms with van der Waals surface area (Å²) in [5.41, 5.74) is 2.19. The van der Waals surface area contributed by atoms with Crippen LogP contribution in [0.1, 0.15) is 35.2 Å². The third-order valence-corrected chi connectivity index (χ3v) is 6.90. The van der Waals surface area contributed by atoms with E-state index in [0.717, 1.165) is 24.8 Å². The van der Waals surface area contributed by atoms with Gasteiger partial charge in [0.05, 0.1) is 23.1 Å². The maximum absolute atomic E-state index is 13.0. The molecule has 2 aromatic carbocycles. The molecule has 0 aromatic heterocycles. The maximum atomic E-state index is 13.0. The van der Waals surface area contributed by atoms with E-state index in [1.54, 1.807) is 24.3 Å². The molecular formula is C25H24N2O5. The number of fused-ring (bicyclic) bond motifs is 5. The van der Waals surface area contributed by atoms with Gasteiger partial charge in [0.25, 0.3) is 5.91 Å². The number of hydrogen-bond acceptors (Lipinski definition) is 5. The molecule has 0 radical (unpaired) electrons. The van der Waals surface area contributed by atoms with Crippen molar-refractivity contribution in [2.45, 2.75) is 26.2 Å². The van der Waals surface area contributed by atoms with Gasteiger partial charge in [-0.2, -0.15) is 0 Å². The molecule has 3 amide bonds. The number of amides is 3. The predicted octanol–water partition coefficient (Wildman–Crippen LogP) is 3.33. The number of imide groups is 1. The number of esters is 1. The Bertz CT molecular complexity index is 1100. The summed E-state index contributed by atoms with van der Waals surface area (Å²) in [4.78, 5) is 51.9. The van der Waals surface area contributed by atoms with E-state index in [2.05, 4.69) is 5.32 Å². The number of hydrogen-bond donors (Lipinski definition) is 1. The lowest BCUT2D eigenvalue weighted by Gasteiger charge is -2.19. The molecule has 1 saturated heterocycles. The van der Waals surface area contributed by atoms with Crippen LogP contribution < -0.4 is 10.2 Å². The van der Waals surface area contributed by atoms with Crippen LogP contribution in [0.2, 0.25) is 0 Å². The Morgan fingerprint density at radius 2 is 1.69 bits per heavy atom. The first-order valence-electron chi connectivity index (χ1n) is 10.9. The predicted molar refractivity (Wildman–Crippen MR) is 117 cm³/mol. The lowest BCUT2D eigenvalue weighted by Crippen LogP contribution is -2.32. The van der Waals surface area contributed by atoms with Crippen molar-refractivity contribution in [3.05, 3.63) is 59.7 Å². The van der Waals surface area contributed by atoms with Gasteiger partial charge in [0.2, 0.25) is 11.8 Å². The van der Waals surface area contributed by atoms with Crippen molar-refractivity contribution in [3.8, 4) is 0 Å². The number of rotatable bonds is 5. The van der Waals surface area contributed by atoms with Crippen molar-refractivity contribution in [1.29, 1.82) is 0 Å². The quantitative estimate of drug-likeness (QED) is 0.578. The van der Waals surface area contributed by atoms with Gasteiger partial charge in [0, 0.05) is 5.69 Å². The van der Waals surface area contributed by atoms with Gasteiger partial charge in [-0.15, -0.1) is 0 Å². The number of carbonyl (C=O) groups is 4. The number of ether oxygens (including phenoxy) is 1. The highest BCUT2D eigenvalue weighted by Gasteiger charge is 2.61. The molecule has 164 valence electrons. The summed E-state index contributed by atoms with van der Waals surface area (Å²) in [6.07, 6.45) is 2.99. The van der Waals surface area contributed by atoms with Gasteiger partial charge in [-0.25, -0.2) is 4.79 Å². The fourth-order valence-corrected chi connectivity index (χ4v) is 5.57. The number of nitrogens with zero attached hydrogens (tertiary/aromatic N) is 1. The molecule has 1 N–H and O–H groups in total. The lowest BCUT2D eigenvalue weighted by molar-refractivity contribution is -0.123. The Morgan fingerprint density at radius 3 is 2.38 bits per heavy atom. The summed E-state index contributed by atoms with van der Waals surface area (Å²) in [6, 6.07) is 13.6. The van der Waals surface area contributed by atoms with Crippen LogP contribution in [-0.4, -0.2) is 30.3 Å². The Labute approximate surface area is 185 Å². The zero-order valence-corrected chi connectivity index (χ0v) is 17.7. The van der Waals surface area contributed by atoms with Crippen molar-refractivity contribution in [1.82, 2.24) is 0 Å². The van der Waals surface area contributed by atoms with E-state index in [-0.39, 0.29) is 29.2 Å². The van der Waals surface area contributed by atoms with Crippen molar-refractivity contribution >= 4 is 35.1 Å². The summed E-state index contributed by atoms with van der Waals surface area (Å²) in [5.74, 6) is -1.30. The number of benzene rings is 2. The molecule has 1 heterocycles. The van der Waals surface area contributed by atoms with E-state index < -0.39 is 18.5 Å². The standard InChI is InChI=1S/C25H24N2O5/c1-14-4-2-6-18(10-14)26-20(28)13-32-25(31)17-5-3-7-19(12-17)27-23(29)21-15-8-9-16(11-15)22(21)24(27)30/h2-7,10,12,15-16,21-22H,8-9,11,13H2,1H3,(H,26,28)/t15-,16-,21-,22+/m0/s1. The molecule has 2 aliphatic carbocycles. The topological polar surface area (TPSA) is 92.8 Å². The van der Waals surface area contributed by atoms with Crippen LogP contribution in [0.4, 0.5) is 11.4 Å². The third kappa shape index (κ3) is 3.47. The van der Waals surface area contributed by atoms with E-state index in [0.29, 0.717) is 23.2 Å². The second-order valence-electron chi connectivity index (χ2n) is 8.94. The summed E-state index contributed by atoms with van der Waals surface area (Å²) in [7, 11) is 0. The lowest BCUT2D eigenvalue weighted by atomic mass is 9.81. The molecule has 1 aliphatic heterocycles. The molecule has 3 fully saturated rings. The highest BCUT2D eigenvalue weighted by atomic mass is 16.5. The Balaban J connectivity index is 1.25. The summed E-state index contributed by atoms with van der Waals surface area (Å²) < 4.78 is 5.14. The van der Waals surface area contributed by atoms with E-state index >= 15 is 0 Å². The minimum Gasteiger partial charge on any atom is -0.452 e. The molecule has 32 heavy (non-hydrogen) atoms. The van der Waals surface area contributed by atoms with Crippen LogP contribution in [0.15, 0.2) is 48.5 Å². The molecule has 7 heteroatoms. The van der Waals surface area contributed by atoms with Gasteiger partial charge in [-0.3, -0.25) is 19.3 Å². The fraction of sp³-hybridized carbons (Fsp3) is 0.360. The zero-order chi connectivity index (χ0) is 22.4. The average molecular weight is 432 g/mol. The Morgan fingerprint density at radius 1 is 1.00 bits per heavy atom. The Hall–Kier alpha value is -3.48. The smallest absolute Gasteiger partial charge is 0.338 e. The first-order chi connectivity index (χ1) is 15.4.